The van der Waals surface area contributed by atoms with Crippen molar-refractivity contribution in [2.75, 3.05) is 4.43 Å². The van der Waals surface area contributed by atoms with Gasteiger partial charge in [-0.15, -0.1) is 0 Å². The van der Waals surface area contributed by atoms with Gasteiger partial charge in [0.15, 0.2) is 0 Å². The number of rotatable bonds is 3. The Kier molecular flexibility index (Phi) is 5.03. The van der Waals surface area contributed by atoms with Crippen LogP contribution in [0.3, 0.4) is 0 Å². The van der Waals surface area contributed by atoms with Crippen LogP contribution in [-0.2, 0) is 0 Å². The van der Waals surface area contributed by atoms with E-state index in [9.17, 15) is 0 Å². The lowest BCUT2D eigenvalue weighted by atomic mass is 9.86. The van der Waals surface area contributed by atoms with Crippen molar-refractivity contribution >= 4 is 45.2 Å². The molecule has 0 aliphatic heterocycles. The molecule has 0 nitrogen and oxygen atoms in total. The lowest BCUT2D eigenvalue weighted by Crippen LogP contribution is -2.23. The van der Waals surface area contributed by atoms with Crippen molar-refractivity contribution in [1.82, 2.24) is 0 Å². The van der Waals surface area contributed by atoms with Crippen molar-refractivity contribution in [1.29, 1.82) is 0 Å². The topological polar surface area (TPSA) is 0 Å². The zero-order valence-electron chi connectivity index (χ0n) is 6.91. The third-order valence-electron chi connectivity index (χ3n) is 2.51. The molecule has 1 fully saturated rings. The van der Waals surface area contributed by atoms with Crippen LogP contribution in [0, 0.1) is 0 Å². The van der Waals surface area contributed by atoms with Crippen LogP contribution < -0.4 is 0 Å². The van der Waals surface area contributed by atoms with E-state index in [-0.39, 0.29) is 0 Å². The molecule has 1 rings (SSSR count). The summed E-state index contributed by atoms with van der Waals surface area (Å²) in [5.74, 6) is 0. The molecule has 0 saturated heterocycles. The molecule has 1 saturated carbocycles. The summed E-state index contributed by atoms with van der Waals surface area (Å²) in [4.78, 5) is 0. The van der Waals surface area contributed by atoms with Crippen LogP contribution in [0.15, 0.2) is 0 Å². The van der Waals surface area contributed by atoms with E-state index >= 15 is 0 Å². The first-order valence-corrected chi connectivity index (χ1v) is 7.12. The van der Waals surface area contributed by atoms with E-state index in [4.69, 9.17) is 0 Å². The van der Waals surface area contributed by atoms with Gasteiger partial charge < -0.3 is 0 Å². The monoisotopic (exact) mass is 378 g/mol. The molecule has 2 heteroatoms. The van der Waals surface area contributed by atoms with E-state index in [0.717, 1.165) is 0 Å². The molecule has 0 bridgehead atoms. The van der Waals surface area contributed by atoms with Gasteiger partial charge in [0.05, 0.1) is 0 Å². The summed E-state index contributed by atoms with van der Waals surface area (Å²) >= 11 is 5.20. The van der Waals surface area contributed by atoms with Gasteiger partial charge in [-0.05, 0) is 30.1 Å². The Hall–Kier alpha value is 1.46. The van der Waals surface area contributed by atoms with Crippen LogP contribution >= 0.6 is 45.2 Å². The van der Waals surface area contributed by atoms with E-state index in [1.165, 1.54) is 49.4 Å². The molecule has 11 heavy (non-hydrogen) atoms. The molecule has 0 aromatic rings. The zero-order chi connectivity index (χ0) is 8.16. The van der Waals surface area contributed by atoms with E-state index in [0.29, 0.717) is 3.42 Å². The van der Waals surface area contributed by atoms with Crippen LogP contribution in [0.1, 0.15) is 44.9 Å². The van der Waals surface area contributed by atoms with Crippen molar-refractivity contribution in [3.8, 4) is 0 Å². The van der Waals surface area contributed by atoms with Crippen molar-refractivity contribution in [2.45, 2.75) is 48.4 Å². The van der Waals surface area contributed by atoms with Gasteiger partial charge in [0.2, 0.25) is 0 Å². The van der Waals surface area contributed by atoms with Crippen LogP contribution in [0.25, 0.3) is 0 Å². The average molecular weight is 378 g/mol. The molecule has 0 spiro atoms. The third-order valence-corrected chi connectivity index (χ3v) is 4.89. The maximum Gasteiger partial charge on any atom is 0.0222 e. The standard InChI is InChI=1S/C9H16I2/c10-8-4-7-9(11)5-2-1-3-6-9/h1-8H2. The molecule has 0 amide bonds. The summed E-state index contributed by atoms with van der Waals surface area (Å²) < 4.78 is 2.03. The largest absolute Gasteiger partial charge is 0.0864 e. The first kappa shape index (κ1) is 10.5. The van der Waals surface area contributed by atoms with Crippen molar-refractivity contribution < 1.29 is 0 Å². The first-order chi connectivity index (χ1) is 5.27. The SMILES string of the molecule is ICCCC1(I)CCCCC1. The predicted molar refractivity (Wildman–Crippen MR) is 68.0 cm³/mol. The highest BCUT2D eigenvalue weighted by Gasteiger charge is 2.27. The zero-order valence-corrected chi connectivity index (χ0v) is 11.2. The fraction of sp³-hybridized carbons (Fsp3) is 1.00. The molecule has 1 aliphatic rings. The Morgan fingerprint density at radius 2 is 1.73 bits per heavy atom. The quantitative estimate of drug-likeness (QED) is 0.507. The third kappa shape index (κ3) is 3.79. The van der Waals surface area contributed by atoms with Gasteiger partial charge in [0.25, 0.3) is 0 Å². The fourth-order valence-electron chi connectivity index (χ4n) is 1.82. The molecular formula is C9H16I2. The summed E-state index contributed by atoms with van der Waals surface area (Å²) in [6.45, 7) is 0. The summed E-state index contributed by atoms with van der Waals surface area (Å²) in [5, 5.41) is 0. The summed E-state index contributed by atoms with van der Waals surface area (Å²) in [7, 11) is 0. The summed E-state index contributed by atoms with van der Waals surface area (Å²) in [6, 6.07) is 0. The second-order valence-electron chi connectivity index (χ2n) is 3.50. The van der Waals surface area contributed by atoms with Crippen LogP contribution in [-0.4, -0.2) is 7.85 Å². The molecule has 0 unspecified atom stereocenters. The Bertz CT molecular complexity index is 106. The molecule has 0 heterocycles. The molecule has 66 valence electrons. The van der Waals surface area contributed by atoms with Gasteiger partial charge in [0, 0.05) is 3.42 Å². The Morgan fingerprint density at radius 1 is 1.09 bits per heavy atom. The van der Waals surface area contributed by atoms with Gasteiger partial charge >= 0.3 is 0 Å². The van der Waals surface area contributed by atoms with Crippen molar-refractivity contribution in [2.24, 2.45) is 0 Å². The molecule has 0 aromatic heterocycles. The molecule has 0 radical (unpaired) electrons. The van der Waals surface area contributed by atoms with Crippen LogP contribution in [0.2, 0.25) is 0 Å². The average Bonchev–Trinajstić information content (AvgIpc) is 2.03. The number of halogens is 2. The maximum atomic E-state index is 2.71. The van der Waals surface area contributed by atoms with E-state index in [1.54, 1.807) is 0 Å². The highest BCUT2D eigenvalue weighted by atomic mass is 127. The van der Waals surface area contributed by atoms with Gasteiger partial charge in [-0.1, -0.05) is 64.4 Å². The number of hydrogen-bond acceptors (Lipinski definition) is 0. The Labute approximate surface area is 97.2 Å². The summed E-state index contributed by atoms with van der Waals surface area (Å²) in [5.41, 5.74) is 0. The minimum absolute atomic E-state index is 0.696. The minimum Gasteiger partial charge on any atom is -0.0864 e. The van der Waals surface area contributed by atoms with Gasteiger partial charge in [-0.2, -0.15) is 0 Å². The second-order valence-corrected chi connectivity index (χ2v) is 6.87. The fourth-order valence-corrected chi connectivity index (χ4v) is 3.34. The Morgan fingerprint density at radius 3 is 2.27 bits per heavy atom. The van der Waals surface area contributed by atoms with Crippen LogP contribution in [0.5, 0.6) is 0 Å². The first-order valence-electron chi connectivity index (χ1n) is 4.52. The van der Waals surface area contributed by atoms with E-state index < -0.39 is 0 Å². The lowest BCUT2D eigenvalue weighted by Gasteiger charge is -2.31. The molecular weight excluding hydrogens is 362 g/mol. The Balaban J connectivity index is 2.25. The summed E-state index contributed by atoms with van der Waals surface area (Å²) in [6.07, 6.45) is 10.3. The highest BCUT2D eigenvalue weighted by molar-refractivity contribution is 14.1. The number of hydrogen-bond donors (Lipinski definition) is 0. The van der Waals surface area contributed by atoms with Gasteiger partial charge in [0.1, 0.15) is 0 Å². The van der Waals surface area contributed by atoms with Gasteiger partial charge in [-0.3, -0.25) is 0 Å². The van der Waals surface area contributed by atoms with Crippen molar-refractivity contribution in [3.63, 3.8) is 0 Å². The number of alkyl halides is 2. The lowest BCUT2D eigenvalue weighted by molar-refractivity contribution is 0.395. The normalized spacial score (nSPS) is 23.5. The molecule has 0 N–H and O–H groups in total. The predicted octanol–water partition coefficient (Wildman–Crippen LogP) is 4.34. The minimum atomic E-state index is 0.696. The van der Waals surface area contributed by atoms with Crippen molar-refractivity contribution in [3.05, 3.63) is 0 Å². The molecule has 0 aromatic carbocycles. The van der Waals surface area contributed by atoms with Crippen LogP contribution in [0.4, 0.5) is 0 Å². The highest BCUT2D eigenvalue weighted by Crippen LogP contribution is 2.39. The second kappa shape index (κ2) is 5.25. The van der Waals surface area contributed by atoms with Gasteiger partial charge in [-0.25, -0.2) is 0 Å². The smallest absolute Gasteiger partial charge is 0.0222 e. The maximum absolute atomic E-state index is 2.71. The van der Waals surface area contributed by atoms with E-state index in [1.807, 2.05) is 0 Å². The molecule has 0 atom stereocenters. The van der Waals surface area contributed by atoms with E-state index in [2.05, 4.69) is 45.2 Å². The molecule has 1 aliphatic carbocycles.